The summed E-state index contributed by atoms with van der Waals surface area (Å²) in [7, 11) is 2.14. The molecule has 1 aromatic rings. The average Bonchev–Trinajstić information content (AvgIpc) is 2.38. The van der Waals surface area contributed by atoms with Gasteiger partial charge in [0.15, 0.2) is 0 Å². The van der Waals surface area contributed by atoms with Crippen LogP contribution in [0.3, 0.4) is 0 Å². The van der Waals surface area contributed by atoms with Gasteiger partial charge in [0.2, 0.25) is 6.08 Å². The molecule has 1 saturated heterocycles. The lowest BCUT2D eigenvalue weighted by Crippen LogP contribution is -2.44. The molecule has 0 radical (unpaired) electrons. The van der Waals surface area contributed by atoms with Crippen molar-refractivity contribution in [2.45, 2.75) is 6.54 Å². The summed E-state index contributed by atoms with van der Waals surface area (Å²) in [5.74, 6) is 0. The minimum Gasteiger partial charge on any atom is -0.369 e. The second-order valence-corrected chi connectivity index (χ2v) is 4.33. The van der Waals surface area contributed by atoms with Crippen LogP contribution in [0, 0.1) is 0 Å². The van der Waals surface area contributed by atoms with E-state index in [0.29, 0.717) is 6.54 Å². The van der Waals surface area contributed by atoms with E-state index < -0.39 is 0 Å². The van der Waals surface area contributed by atoms with Gasteiger partial charge in [0, 0.05) is 31.9 Å². The topological polar surface area (TPSA) is 35.9 Å². The molecule has 0 saturated carbocycles. The second-order valence-electron chi connectivity index (χ2n) is 4.33. The lowest BCUT2D eigenvalue weighted by Gasteiger charge is -2.35. The minimum atomic E-state index is 0.423. The van der Waals surface area contributed by atoms with Gasteiger partial charge in [0.1, 0.15) is 0 Å². The largest absolute Gasteiger partial charge is 0.369 e. The van der Waals surface area contributed by atoms with Crippen molar-refractivity contribution in [2.24, 2.45) is 4.99 Å². The highest BCUT2D eigenvalue weighted by Gasteiger charge is 2.16. The van der Waals surface area contributed by atoms with Crippen LogP contribution in [0.2, 0.25) is 0 Å². The fourth-order valence-corrected chi connectivity index (χ4v) is 2.12. The van der Waals surface area contributed by atoms with Gasteiger partial charge in [-0.1, -0.05) is 18.2 Å². The Bertz CT molecular complexity index is 418. The standard InChI is InChI=1S/C13H17N3O/c1-15-6-8-16(9-7-15)13-5-3-2-4-12(13)10-14-11-17/h2-5H,6-10H2,1H3. The highest BCUT2D eigenvalue weighted by atomic mass is 16.1. The molecule has 1 fully saturated rings. The zero-order valence-electron chi connectivity index (χ0n) is 10.1. The van der Waals surface area contributed by atoms with Crippen LogP contribution in [0.15, 0.2) is 29.3 Å². The summed E-state index contributed by atoms with van der Waals surface area (Å²) in [4.78, 5) is 18.5. The van der Waals surface area contributed by atoms with Gasteiger partial charge in [-0.2, -0.15) is 0 Å². The summed E-state index contributed by atoms with van der Waals surface area (Å²) in [5, 5.41) is 0. The van der Waals surface area contributed by atoms with Crippen molar-refractivity contribution in [3.63, 3.8) is 0 Å². The highest BCUT2D eigenvalue weighted by molar-refractivity contribution is 5.54. The van der Waals surface area contributed by atoms with Crippen molar-refractivity contribution >= 4 is 11.8 Å². The van der Waals surface area contributed by atoms with Crippen LogP contribution in [-0.2, 0) is 11.3 Å². The number of likely N-dealkylation sites (N-methyl/N-ethyl adjacent to an activating group) is 1. The lowest BCUT2D eigenvalue weighted by atomic mass is 10.1. The van der Waals surface area contributed by atoms with Crippen molar-refractivity contribution in [2.75, 3.05) is 38.1 Å². The summed E-state index contributed by atoms with van der Waals surface area (Å²) in [5.41, 5.74) is 2.29. The molecule has 1 heterocycles. The summed E-state index contributed by atoms with van der Waals surface area (Å²) < 4.78 is 0. The van der Waals surface area contributed by atoms with Gasteiger partial charge < -0.3 is 9.80 Å². The van der Waals surface area contributed by atoms with Crippen LogP contribution in [0.1, 0.15) is 5.56 Å². The molecule has 0 atom stereocenters. The Hall–Kier alpha value is -1.64. The van der Waals surface area contributed by atoms with Crippen molar-refractivity contribution in [3.05, 3.63) is 29.8 Å². The van der Waals surface area contributed by atoms with E-state index in [1.54, 1.807) is 6.08 Å². The van der Waals surface area contributed by atoms with E-state index in [2.05, 4.69) is 27.9 Å². The third kappa shape index (κ3) is 2.93. The normalized spacial score (nSPS) is 16.6. The Morgan fingerprint density at radius 1 is 1.24 bits per heavy atom. The van der Waals surface area contributed by atoms with Gasteiger partial charge in [-0.25, -0.2) is 9.79 Å². The van der Waals surface area contributed by atoms with Crippen LogP contribution in [0.4, 0.5) is 5.69 Å². The van der Waals surface area contributed by atoms with E-state index in [4.69, 9.17) is 0 Å². The monoisotopic (exact) mass is 231 g/mol. The minimum absolute atomic E-state index is 0.423. The summed E-state index contributed by atoms with van der Waals surface area (Å²) >= 11 is 0. The summed E-state index contributed by atoms with van der Waals surface area (Å²) in [6, 6.07) is 8.13. The van der Waals surface area contributed by atoms with Crippen molar-refractivity contribution in [1.82, 2.24) is 4.90 Å². The molecule has 1 aromatic carbocycles. The van der Waals surface area contributed by atoms with E-state index in [0.717, 1.165) is 31.7 Å². The molecule has 2 rings (SSSR count). The number of hydrogen-bond donors (Lipinski definition) is 0. The maximum absolute atomic E-state index is 10.2. The van der Waals surface area contributed by atoms with Gasteiger partial charge >= 0.3 is 0 Å². The SMILES string of the molecule is CN1CCN(c2ccccc2CN=C=O)CC1. The fraction of sp³-hybridized carbons (Fsp3) is 0.462. The molecule has 0 amide bonds. The van der Waals surface area contributed by atoms with Crippen LogP contribution < -0.4 is 4.90 Å². The smallest absolute Gasteiger partial charge is 0.235 e. The van der Waals surface area contributed by atoms with Crippen molar-refractivity contribution < 1.29 is 4.79 Å². The molecule has 1 aliphatic heterocycles. The van der Waals surface area contributed by atoms with E-state index in [1.807, 2.05) is 18.2 Å². The Balaban J connectivity index is 2.16. The predicted octanol–water partition coefficient (Wildman–Crippen LogP) is 1.27. The van der Waals surface area contributed by atoms with E-state index in [-0.39, 0.29) is 0 Å². The van der Waals surface area contributed by atoms with Crippen LogP contribution >= 0.6 is 0 Å². The Kier molecular flexibility index (Phi) is 3.91. The van der Waals surface area contributed by atoms with E-state index in [9.17, 15) is 4.79 Å². The van der Waals surface area contributed by atoms with Gasteiger partial charge in [-0.05, 0) is 18.7 Å². The van der Waals surface area contributed by atoms with Gasteiger partial charge in [-0.3, -0.25) is 0 Å². The first-order valence-electron chi connectivity index (χ1n) is 5.86. The molecule has 0 N–H and O–H groups in total. The molecule has 90 valence electrons. The number of anilines is 1. The lowest BCUT2D eigenvalue weighted by molar-refractivity contribution is 0.312. The average molecular weight is 231 g/mol. The molecule has 0 aliphatic carbocycles. The zero-order valence-corrected chi connectivity index (χ0v) is 10.1. The molecule has 0 spiro atoms. The fourth-order valence-electron chi connectivity index (χ4n) is 2.12. The Labute approximate surface area is 102 Å². The van der Waals surface area contributed by atoms with Crippen LogP contribution in [-0.4, -0.2) is 44.2 Å². The van der Waals surface area contributed by atoms with Crippen molar-refractivity contribution in [1.29, 1.82) is 0 Å². The predicted molar refractivity (Wildman–Crippen MR) is 68.0 cm³/mol. The quantitative estimate of drug-likeness (QED) is 0.580. The number of hydrogen-bond acceptors (Lipinski definition) is 4. The summed E-state index contributed by atoms with van der Waals surface area (Å²) in [6.07, 6.45) is 1.60. The number of piperazine rings is 1. The first-order valence-corrected chi connectivity index (χ1v) is 5.86. The maximum Gasteiger partial charge on any atom is 0.235 e. The molecule has 0 bridgehead atoms. The Morgan fingerprint density at radius 2 is 1.94 bits per heavy atom. The van der Waals surface area contributed by atoms with Crippen molar-refractivity contribution in [3.8, 4) is 0 Å². The van der Waals surface area contributed by atoms with Gasteiger partial charge in [0.25, 0.3) is 0 Å². The number of benzene rings is 1. The van der Waals surface area contributed by atoms with Gasteiger partial charge in [0.05, 0.1) is 6.54 Å². The van der Waals surface area contributed by atoms with E-state index in [1.165, 1.54) is 5.69 Å². The molecular weight excluding hydrogens is 214 g/mol. The first kappa shape index (κ1) is 11.8. The molecule has 4 nitrogen and oxygen atoms in total. The molecule has 0 aromatic heterocycles. The molecular formula is C13H17N3O. The van der Waals surface area contributed by atoms with E-state index >= 15 is 0 Å². The molecule has 4 heteroatoms. The number of rotatable bonds is 3. The number of para-hydroxylation sites is 1. The van der Waals surface area contributed by atoms with Gasteiger partial charge in [-0.15, -0.1) is 0 Å². The van der Waals surface area contributed by atoms with Crippen LogP contribution in [0.25, 0.3) is 0 Å². The highest BCUT2D eigenvalue weighted by Crippen LogP contribution is 2.22. The first-order chi connectivity index (χ1) is 8.31. The number of aliphatic imine (C=N–C) groups is 1. The summed E-state index contributed by atoms with van der Waals surface area (Å²) in [6.45, 7) is 4.62. The van der Waals surface area contributed by atoms with Crippen LogP contribution in [0.5, 0.6) is 0 Å². The zero-order chi connectivity index (χ0) is 12.1. The Morgan fingerprint density at radius 3 is 2.65 bits per heavy atom. The third-order valence-electron chi connectivity index (χ3n) is 3.15. The number of isocyanates is 1. The number of nitrogens with zero attached hydrogens (tertiary/aromatic N) is 3. The third-order valence-corrected chi connectivity index (χ3v) is 3.15. The molecule has 0 unspecified atom stereocenters. The maximum atomic E-state index is 10.2. The molecule has 1 aliphatic rings. The number of carbonyl (C=O) groups excluding carboxylic acids is 1. The molecule has 17 heavy (non-hydrogen) atoms. The second kappa shape index (κ2) is 5.62.